The Morgan fingerprint density at radius 2 is 1.33 bits per heavy atom. The summed E-state index contributed by atoms with van der Waals surface area (Å²) in [6.07, 6.45) is 5.62. The van der Waals surface area contributed by atoms with Crippen LogP contribution in [0.25, 0.3) is 0 Å². The molecule has 0 aromatic carbocycles. The van der Waals surface area contributed by atoms with E-state index in [1.165, 1.54) is 0 Å². The molecule has 0 bridgehead atoms. The van der Waals surface area contributed by atoms with Gasteiger partial charge in [-0.3, -0.25) is 0 Å². The summed E-state index contributed by atoms with van der Waals surface area (Å²) in [5.41, 5.74) is 0. The van der Waals surface area contributed by atoms with Crippen LogP contribution in [-0.4, -0.2) is 28.8 Å². The average molecular weight is 412 g/mol. The van der Waals surface area contributed by atoms with Crippen molar-refractivity contribution in [2.24, 2.45) is 5.92 Å². The third-order valence-corrected chi connectivity index (χ3v) is 15.0. The van der Waals surface area contributed by atoms with Crippen LogP contribution in [0.5, 0.6) is 0 Å². The second-order valence-electron chi connectivity index (χ2n) is 11.2. The first-order valence-corrected chi connectivity index (χ1v) is 16.2. The minimum atomic E-state index is -1.94. The number of rotatable bonds is 9. The maximum atomic E-state index is 9.55. The predicted molar refractivity (Wildman–Crippen MR) is 123 cm³/mol. The van der Waals surface area contributed by atoms with Crippen molar-refractivity contribution in [2.45, 2.75) is 117 Å². The SMILES string of the molecule is CC(C)C[C@@H](/C=C/C[C@@H](C#N)O[Si](C)(C)C(C)(C)C)O[Si](C)(C)C(C)(C)C. The average Bonchev–Trinajstić information content (AvgIpc) is 2.42. The number of nitrogens with zero attached hydrogens (tertiary/aromatic N) is 1. The highest BCUT2D eigenvalue weighted by Crippen LogP contribution is 2.39. The van der Waals surface area contributed by atoms with Gasteiger partial charge in [0.2, 0.25) is 0 Å². The molecule has 0 amide bonds. The molecule has 3 nitrogen and oxygen atoms in total. The smallest absolute Gasteiger partial charge is 0.193 e. The fourth-order valence-electron chi connectivity index (χ4n) is 2.20. The Hall–Kier alpha value is -0.416. The summed E-state index contributed by atoms with van der Waals surface area (Å²) in [7, 11) is -3.76. The van der Waals surface area contributed by atoms with Gasteiger partial charge in [0, 0.05) is 6.42 Å². The van der Waals surface area contributed by atoms with E-state index in [0.717, 1.165) is 6.42 Å². The second-order valence-corrected chi connectivity index (χ2v) is 20.7. The van der Waals surface area contributed by atoms with Gasteiger partial charge in [0.05, 0.1) is 12.2 Å². The summed E-state index contributed by atoms with van der Waals surface area (Å²) in [4.78, 5) is 0. The topological polar surface area (TPSA) is 42.2 Å². The Morgan fingerprint density at radius 1 is 0.889 bits per heavy atom. The quantitative estimate of drug-likeness (QED) is 0.295. The number of hydrogen-bond acceptors (Lipinski definition) is 3. The molecule has 0 aromatic heterocycles. The summed E-state index contributed by atoms with van der Waals surface area (Å²) in [6, 6.07) is 2.35. The minimum absolute atomic E-state index is 0.109. The van der Waals surface area contributed by atoms with Gasteiger partial charge in [0.25, 0.3) is 0 Å². The maximum Gasteiger partial charge on any atom is 0.193 e. The van der Waals surface area contributed by atoms with Crippen LogP contribution in [0.3, 0.4) is 0 Å². The third kappa shape index (κ3) is 9.08. The molecule has 0 radical (unpaired) electrons. The van der Waals surface area contributed by atoms with E-state index in [-0.39, 0.29) is 22.3 Å². The van der Waals surface area contributed by atoms with Crippen molar-refractivity contribution in [1.29, 1.82) is 5.26 Å². The van der Waals surface area contributed by atoms with E-state index in [1.54, 1.807) is 0 Å². The van der Waals surface area contributed by atoms with E-state index in [0.29, 0.717) is 12.3 Å². The van der Waals surface area contributed by atoms with Gasteiger partial charge >= 0.3 is 0 Å². The van der Waals surface area contributed by atoms with E-state index in [1.807, 2.05) is 0 Å². The largest absolute Gasteiger partial charge is 0.411 e. The molecule has 0 N–H and O–H groups in total. The third-order valence-electron chi connectivity index (χ3n) is 6.04. The van der Waals surface area contributed by atoms with Crippen molar-refractivity contribution in [1.82, 2.24) is 0 Å². The van der Waals surface area contributed by atoms with E-state index >= 15 is 0 Å². The molecule has 0 heterocycles. The maximum absolute atomic E-state index is 9.55. The van der Waals surface area contributed by atoms with Gasteiger partial charge in [-0.1, -0.05) is 67.5 Å². The van der Waals surface area contributed by atoms with Gasteiger partial charge in [-0.2, -0.15) is 5.26 Å². The molecule has 0 saturated heterocycles. The Morgan fingerprint density at radius 3 is 1.70 bits per heavy atom. The Kier molecular flexibility index (Phi) is 9.72. The molecule has 27 heavy (non-hydrogen) atoms. The summed E-state index contributed by atoms with van der Waals surface area (Å²) >= 11 is 0. The van der Waals surface area contributed by atoms with E-state index < -0.39 is 16.6 Å². The molecular formula is C22H45NO2Si2. The van der Waals surface area contributed by atoms with Crippen molar-refractivity contribution in [3.63, 3.8) is 0 Å². The first-order chi connectivity index (χ1) is 11.9. The molecule has 0 saturated carbocycles. The lowest BCUT2D eigenvalue weighted by atomic mass is 10.1. The lowest BCUT2D eigenvalue weighted by Gasteiger charge is -2.39. The molecule has 0 aromatic rings. The Bertz CT molecular complexity index is 520. The zero-order valence-electron chi connectivity index (χ0n) is 20.1. The molecule has 158 valence electrons. The van der Waals surface area contributed by atoms with Crippen LogP contribution < -0.4 is 0 Å². The number of hydrogen-bond donors (Lipinski definition) is 0. The normalized spacial score (nSPS) is 16.6. The van der Waals surface area contributed by atoms with Crippen LogP contribution in [-0.2, 0) is 8.85 Å². The zero-order valence-corrected chi connectivity index (χ0v) is 22.1. The fraction of sp³-hybridized carbons (Fsp3) is 0.864. The van der Waals surface area contributed by atoms with Crippen LogP contribution in [0, 0.1) is 17.2 Å². The van der Waals surface area contributed by atoms with E-state index in [4.69, 9.17) is 8.85 Å². The van der Waals surface area contributed by atoms with Crippen LogP contribution in [0.2, 0.25) is 36.3 Å². The molecule has 5 heteroatoms. The molecule has 0 aliphatic heterocycles. The molecule has 2 atom stereocenters. The minimum Gasteiger partial charge on any atom is -0.411 e. The zero-order chi connectivity index (χ0) is 21.7. The lowest BCUT2D eigenvalue weighted by Crippen LogP contribution is -2.44. The summed E-state index contributed by atoms with van der Waals surface area (Å²) in [6.45, 7) is 26.9. The molecule has 0 aliphatic carbocycles. The summed E-state index contributed by atoms with van der Waals surface area (Å²) in [5.74, 6) is 0.569. The second kappa shape index (κ2) is 9.87. The van der Waals surface area contributed by atoms with E-state index in [2.05, 4.69) is 99.8 Å². The van der Waals surface area contributed by atoms with Gasteiger partial charge in [-0.25, -0.2) is 0 Å². The van der Waals surface area contributed by atoms with Crippen molar-refractivity contribution < 1.29 is 8.85 Å². The lowest BCUT2D eigenvalue weighted by molar-refractivity contribution is 0.197. The highest BCUT2D eigenvalue weighted by Gasteiger charge is 2.40. The Balaban J connectivity index is 5.12. The first kappa shape index (κ1) is 26.6. The molecule has 0 fully saturated rings. The fourth-order valence-corrected chi connectivity index (χ4v) is 4.70. The van der Waals surface area contributed by atoms with Crippen LogP contribution >= 0.6 is 0 Å². The van der Waals surface area contributed by atoms with Crippen molar-refractivity contribution >= 4 is 16.6 Å². The van der Waals surface area contributed by atoms with Gasteiger partial charge in [-0.15, -0.1) is 0 Å². The molecule has 0 spiro atoms. The number of nitriles is 1. The molecular weight excluding hydrogens is 366 g/mol. The summed E-state index contributed by atoms with van der Waals surface area (Å²) in [5, 5.41) is 9.85. The molecule has 0 rings (SSSR count). The van der Waals surface area contributed by atoms with Crippen LogP contribution in [0.15, 0.2) is 12.2 Å². The summed E-state index contributed by atoms with van der Waals surface area (Å²) < 4.78 is 12.9. The first-order valence-electron chi connectivity index (χ1n) is 10.3. The standard InChI is InChI=1S/C22H45NO2Si2/c1-18(2)16-19(24-26(9,10)21(3,4)5)14-13-15-20(17-23)25-27(11,12)22(6,7)8/h13-14,18-20H,15-16H2,1-12H3/b14-13+/t19-,20+/m1/s1. The van der Waals surface area contributed by atoms with Crippen molar-refractivity contribution in [2.75, 3.05) is 0 Å². The highest BCUT2D eigenvalue weighted by atomic mass is 28.4. The van der Waals surface area contributed by atoms with Crippen LogP contribution in [0.1, 0.15) is 68.2 Å². The van der Waals surface area contributed by atoms with Crippen molar-refractivity contribution in [3.8, 4) is 6.07 Å². The predicted octanol–water partition coefficient (Wildman–Crippen LogP) is 7.28. The van der Waals surface area contributed by atoms with Gasteiger partial charge in [0.1, 0.15) is 6.10 Å². The van der Waals surface area contributed by atoms with E-state index in [9.17, 15) is 5.26 Å². The molecule has 0 unspecified atom stereocenters. The monoisotopic (exact) mass is 411 g/mol. The van der Waals surface area contributed by atoms with Gasteiger partial charge < -0.3 is 8.85 Å². The molecule has 0 aliphatic rings. The van der Waals surface area contributed by atoms with Crippen molar-refractivity contribution in [3.05, 3.63) is 12.2 Å². The Labute approximate surface area is 171 Å². The highest BCUT2D eigenvalue weighted by molar-refractivity contribution is 6.74. The van der Waals surface area contributed by atoms with Gasteiger partial charge in [-0.05, 0) is 48.6 Å². The van der Waals surface area contributed by atoms with Crippen LogP contribution in [0.4, 0.5) is 0 Å². The van der Waals surface area contributed by atoms with Gasteiger partial charge in [0.15, 0.2) is 16.6 Å².